The topological polar surface area (TPSA) is 143 Å². The Morgan fingerprint density at radius 1 is 1.20 bits per heavy atom. The number of anilines is 1. The van der Waals surface area contributed by atoms with E-state index in [2.05, 4.69) is 32.1 Å². The summed E-state index contributed by atoms with van der Waals surface area (Å²) in [6.45, 7) is 3.41. The minimum absolute atomic E-state index is 0.0417. The Kier molecular flexibility index (Phi) is 8.59. The van der Waals surface area contributed by atoms with Crippen molar-refractivity contribution in [3.8, 4) is 22.0 Å². The minimum Gasteiger partial charge on any atom is -0.441 e. The Hall–Kier alpha value is -4.30. The predicted molar refractivity (Wildman–Crippen MR) is 148 cm³/mol. The molecule has 4 aromatic rings. The molecule has 1 aliphatic carbocycles. The summed E-state index contributed by atoms with van der Waals surface area (Å²) in [7, 11) is 0. The van der Waals surface area contributed by atoms with Crippen molar-refractivity contribution >= 4 is 28.9 Å². The van der Waals surface area contributed by atoms with Crippen LogP contribution in [-0.2, 0) is 16.3 Å². The zero-order valence-electron chi connectivity index (χ0n) is 22.0. The molecule has 4 heterocycles. The lowest BCUT2D eigenvalue weighted by Gasteiger charge is -2.21. The summed E-state index contributed by atoms with van der Waals surface area (Å²) in [5.41, 5.74) is 6.39. The summed E-state index contributed by atoms with van der Waals surface area (Å²) in [5, 5.41) is 13.5. The number of hydrogen-bond donors (Lipinski definition) is 2. The van der Waals surface area contributed by atoms with Gasteiger partial charge in [-0.3, -0.25) is 14.3 Å². The van der Waals surface area contributed by atoms with Gasteiger partial charge in [0.2, 0.25) is 5.95 Å². The van der Waals surface area contributed by atoms with E-state index in [1.54, 1.807) is 22.5 Å². The van der Waals surface area contributed by atoms with Crippen LogP contribution in [0.1, 0.15) is 55.1 Å². The molecular weight excluding hydrogens is 554 g/mol. The third-order valence-electron chi connectivity index (χ3n) is 6.64. The van der Waals surface area contributed by atoms with E-state index in [0.29, 0.717) is 17.0 Å². The molecule has 4 aromatic heterocycles. The molecule has 0 aliphatic heterocycles. The van der Waals surface area contributed by atoms with Crippen LogP contribution < -0.4 is 11.1 Å². The number of aromatic nitrogens is 6. The zero-order chi connectivity index (χ0) is 28.9. The molecule has 0 bridgehead atoms. The van der Waals surface area contributed by atoms with Crippen LogP contribution in [0.15, 0.2) is 48.8 Å². The maximum Gasteiger partial charge on any atom is 0.325 e. The van der Waals surface area contributed by atoms with Crippen molar-refractivity contribution in [3.05, 3.63) is 66.2 Å². The molecule has 0 radical (unpaired) electrons. The number of rotatable bonds is 10. The number of amides is 1. The number of halogens is 2. The summed E-state index contributed by atoms with van der Waals surface area (Å²) in [4.78, 5) is 33.2. The molecule has 41 heavy (non-hydrogen) atoms. The second kappa shape index (κ2) is 12.5. The van der Waals surface area contributed by atoms with Crippen LogP contribution >= 0.6 is 11.3 Å². The van der Waals surface area contributed by atoms with Crippen molar-refractivity contribution in [3.63, 3.8) is 0 Å². The van der Waals surface area contributed by atoms with E-state index in [-0.39, 0.29) is 35.5 Å². The van der Waals surface area contributed by atoms with Gasteiger partial charge in [0.15, 0.2) is 12.5 Å². The Morgan fingerprint density at radius 3 is 2.78 bits per heavy atom. The highest BCUT2D eigenvalue weighted by atomic mass is 32.1. The molecule has 1 aliphatic rings. The van der Waals surface area contributed by atoms with Crippen LogP contribution in [0.4, 0.5) is 14.5 Å². The van der Waals surface area contributed by atoms with E-state index in [4.69, 9.17) is 10.5 Å². The second-order valence-electron chi connectivity index (χ2n) is 9.61. The summed E-state index contributed by atoms with van der Waals surface area (Å²) in [5.74, 6) is -2.73. The van der Waals surface area contributed by atoms with Crippen LogP contribution in [0.3, 0.4) is 0 Å². The van der Waals surface area contributed by atoms with Crippen LogP contribution in [0.25, 0.3) is 22.0 Å². The quantitative estimate of drug-likeness (QED) is 0.156. The maximum absolute atomic E-state index is 14.7. The van der Waals surface area contributed by atoms with E-state index in [0.717, 1.165) is 44.2 Å². The van der Waals surface area contributed by atoms with Gasteiger partial charge < -0.3 is 15.8 Å². The van der Waals surface area contributed by atoms with Gasteiger partial charge in [0.05, 0.1) is 17.9 Å². The Bertz CT molecular complexity index is 1560. The molecule has 14 heteroatoms. The van der Waals surface area contributed by atoms with Crippen molar-refractivity contribution in [1.82, 2.24) is 29.5 Å². The minimum atomic E-state index is -0.857. The van der Waals surface area contributed by atoms with Crippen molar-refractivity contribution < 1.29 is 23.1 Å². The molecule has 214 valence electrons. The molecule has 1 fully saturated rings. The van der Waals surface area contributed by atoms with Crippen LogP contribution in [-0.4, -0.2) is 47.4 Å². The third kappa shape index (κ3) is 6.55. The van der Waals surface area contributed by atoms with Crippen LogP contribution in [0.5, 0.6) is 0 Å². The molecule has 1 saturated carbocycles. The number of carbonyl (C=O) groups is 2. The number of esters is 1. The van der Waals surface area contributed by atoms with E-state index in [9.17, 15) is 18.4 Å². The molecule has 5 rings (SSSR count). The number of nitrogens with one attached hydrogen (secondary N) is 1. The van der Waals surface area contributed by atoms with Gasteiger partial charge in [-0.05, 0) is 31.4 Å². The summed E-state index contributed by atoms with van der Waals surface area (Å²) < 4.78 is 36.9. The SMILES string of the molecule is C=CCC(N)C(=O)OCn1cc(-c2nc(C(=O)Nc3cn(C4CCCCC4)nc3-c3nc(F)ccc3F)cs2)cn1. The number of ether oxygens (including phenoxy) is 1. The number of pyridine rings is 1. The first kappa shape index (κ1) is 28.2. The van der Waals surface area contributed by atoms with Gasteiger partial charge in [-0.25, -0.2) is 19.0 Å². The van der Waals surface area contributed by atoms with E-state index in [1.807, 2.05) is 0 Å². The van der Waals surface area contributed by atoms with Gasteiger partial charge in [-0.1, -0.05) is 25.3 Å². The van der Waals surface area contributed by atoms with Crippen molar-refractivity contribution in [1.29, 1.82) is 0 Å². The fourth-order valence-corrected chi connectivity index (χ4v) is 5.30. The Labute approximate surface area is 238 Å². The van der Waals surface area contributed by atoms with Crippen molar-refractivity contribution in [2.45, 2.75) is 57.3 Å². The zero-order valence-corrected chi connectivity index (χ0v) is 22.8. The first-order chi connectivity index (χ1) is 19.8. The first-order valence-electron chi connectivity index (χ1n) is 13.1. The lowest BCUT2D eigenvalue weighted by molar-refractivity contribution is -0.149. The number of nitrogens with zero attached hydrogens (tertiary/aromatic N) is 6. The molecule has 11 nitrogen and oxygen atoms in total. The number of nitrogens with two attached hydrogens (primary N) is 1. The van der Waals surface area contributed by atoms with E-state index >= 15 is 0 Å². The number of hydrogen-bond acceptors (Lipinski definition) is 9. The smallest absolute Gasteiger partial charge is 0.325 e. The van der Waals surface area contributed by atoms with Crippen molar-refractivity contribution in [2.24, 2.45) is 5.73 Å². The van der Waals surface area contributed by atoms with Crippen LogP contribution in [0, 0.1) is 11.8 Å². The molecule has 1 atom stereocenters. The molecule has 1 amide bonds. The highest BCUT2D eigenvalue weighted by Crippen LogP contribution is 2.34. The summed E-state index contributed by atoms with van der Waals surface area (Å²) >= 11 is 1.22. The van der Waals surface area contributed by atoms with Gasteiger partial charge in [0, 0.05) is 23.3 Å². The highest BCUT2D eigenvalue weighted by Gasteiger charge is 2.24. The molecule has 0 aromatic carbocycles. The van der Waals surface area contributed by atoms with Crippen molar-refractivity contribution in [2.75, 3.05) is 5.32 Å². The Morgan fingerprint density at radius 2 is 2.00 bits per heavy atom. The standard InChI is InChI=1S/C27H28F2N8O3S/c1-2-6-19(30)27(39)40-15-36-12-16(11-31-36)26-33-21(14-41-26)25(38)32-20-13-37(17-7-4-3-5-8-17)35-24(20)23-18(28)9-10-22(29)34-23/h2,9-14,17,19H,1,3-8,15,30H2,(H,32,38). The second-order valence-corrected chi connectivity index (χ2v) is 10.5. The summed E-state index contributed by atoms with van der Waals surface area (Å²) in [6, 6.07) is 1.19. The third-order valence-corrected chi connectivity index (χ3v) is 7.54. The number of carbonyl (C=O) groups excluding carboxylic acids is 2. The molecular formula is C27H28F2N8O3S. The van der Waals surface area contributed by atoms with Crippen LogP contribution in [0.2, 0.25) is 0 Å². The molecule has 0 saturated heterocycles. The fourth-order valence-electron chi connectivity index (χ4n) is 4.53. The average Bonchev–Trinajstić information content (AvgIpc) is 3.74. The van der Waals surface area contributed by atoms with E-state index in [1.165, 1.54) is 28.3 Å². The normalized spacial score (nSPS) is 14.5. The maximum atomic E-state index is 14.7. The summed E-state index contributed by atoms with van der Waals surface area (Å²) in [6.07, 6.45) is 11.6. The van der Waals surface area contributed by atoms with E-state index < -0.39 is 29.7 Å². The lowest BCUT2D eigenvalue weighted by Crippen LogP contribution is -2.32. The van der Waals surface area contributed by atoms with Gasteiger partial charge in [-0.15, -0.1) is 17.9 Å². The monoisotopic (exact) mass is 582 g/mol. The van der Waals surface area contributed by atoms with Gasteiger partial charge >= 0.3 is 5.97 Å². The molecule has 0 spiro atoms. The predicted octanol–water partition coefficient (Wildman–Crippen LogP) is 4.70. The average molecular weight is 583 g/mol. The largest absolute Gasteiger partial charge is 0.441 e. The lowest BCUT2D eigenvalue weighted by atomic mass is 9.96. The van der Waals surface area contributed by atoms with Gasteiger partial charge in [-0.2, -0.15) is 14.6 Å². The Balaban J connectivity index is 1.32. The number of thiazole rings is 1. The highest BCUT2D eigenvalue weighted by molar-refractivity contribution is 7.13. The molecule has 1 unspecified atom stereocenters. The first-order valence-corrected chi connectivity index (χ1v) is 13.9. The fraction of sp³-hybridized carbons (Fsp3) is 0.333. The van der Waals surface area contributed by atoms with Gasteiger partial charge in [0.25, 0.3) is 5.91 Å². The molecule has 3 N–H and O–H groups in total. The van der Waals surface area contributed by atoms with Gasteiger partial charge in [0.1, 0.15) is 28.1 Å².